The summed E-state index contributed by atoms with van der Waals surface area (Å²) in [4.78, 5) is 22.7. The van der Waals surface area contributed by atoms with Crippen molar-refractivity contribution >= 4 is 22.0 Å². The van der Waals surface area contributed by atoms with E-state index in [4.69, 9.17) is 0 Å². The fourth-order valence-corrected chi connectivity index (χ4v) is 2.65. The maximum Gasteiger partial charge on any atom is 0.325 e. The number of hydrogen-bond acceptors (Lipinski definition) is 6. The van der Waals surface area contributed by atoms with Gasteiger partial charge >= 0.3 is 11.9 Å². The minimum Gasteiger partial charge on any atom is -0.468 e. The predicted octanol–water partition coefficient (Wildman–Crippen LogP) is -0.0712. The Kier molecular flexibility index (Phi) is 7.32. The standard InChI is InChI=1S/C11H19NO6S/c1-5-7-12(8-10(13)18-6-2)19(15,16)9(3)11(14)17-4/h5,9H,1,6-8H2,2-4H3. The molecule has 1 atom stereocenters. The summed E-state index contributed by atoms with van der Waals surface area (Å²) in [6.07, 6.45) is 1.32. The number of carbonyl (C=O) groups excluding carboxylic acids is 2. The van der Waals surface area contributed by atoms with Crippen molar-refractivity contribution in [2.45, 2.75) is 19.1 Å². The summed E-state index contributed by atoms with van der Waals surface area (Å²) in [5.74, 6) is -1.58. The lowest BCUT2D eigenvalue weighted by molar-refractivity contribution is -0.143. The second-order valence-electron chi connectivity index (χ2n) is 3.60. The SMILES string of the molecule is C=CCN(CC(=O)OCC)S(=O)(=O)C(C)C(=O)OC. The van der Waals surface area contributed by atoms with E-state index in [1.54, 1.807) is 6.92 Å². The number of nitrogens with zero attached hydrogens (tertiary/aromatic N) is 1. The summed E-state index contributed by atoms with van der Waals surface area (Å²) in [6.45, 7) is 5.81. The van der Waals surface area contributed by atoms with Crippen molar-refractivity contribution in [3.63, 3.8) is 0 Å². The molecule has 0 aromatic rings. The monoisotopic (exact) mass is 293 g/mol. The third-order valence-electron chi connectivity index (χ3n) is 2.28. The first-order valence-corrected chi connectivity index (χ1v) is 7.14. The van der Waals surface area contributed by atoms with E-state index in [-0.39, 0.29) is 13.2 Å². The maximum atomic E-state index is 12.1. The van der Waals surface area contributed by atoms with Gasteiger partial charge in [-0.2, -0.15) is 4.31 Å². The molecule has 0 saturated heterocycles. The molecule has 0 aliphatic heterocycles. The lowest BCUT2D eigenvalue weighted by Gasteiger charge is -2.22. The molecule has 0 spiro atoms. The van der Waals surface area contributed by atoms with Crippen LogP contribution in [0, 0.1) is 0 Å². The first kappa shape index (κ1) is 17.6. The van der Waals surface area contributed by atoms with E-state index in [2.05, 4.69) is 16.1 Å². The molecule has 0 aliphatic rings. The van der Waals surface area contributed by atoms with Crippen LogP contribution in [0.1, 0.15) is 13.8 Å². The van der Waals surface area contributed by atoms with E-state index in [1.807, 2.05) is 0 Å². The first-order valence-electron chi connectivity index (χ1n) is 5.64. The molecule has 1 unspecified atom stereocenters. The summed E-state index contributed by atoms with van der Waals surface area (Å²) in [7, 11) is -2.91. The van der Waals surface area contributed by atoms with Gasteiger partial charge in [0.05, 0.1) is 13.7 Å². The summed E-state index contributed by atoms with van der Waals surface area (Å²) < 4.78 is 34.2. The van der Waals surface area contributed by atoms with Crippen molar-refractivity contribution in [2.24, 2.45) is 0 Å². The molecule has 0 amide bonds. The molecule has 110 valence electrons. The number of sulfonamides is 1. The minimum absolute atomic E-state index is 0.0948. The van der Waals surface area contributed by atoms with Crippen molar-refractivity contribution in [1.82, 2.24) is 4.31 Å². The quantitative estimate of drug-likeness (QED) is 0.459. The molecule has 7 nitrogen and oxygen atoms in total. The maximum absolute atomic E-state index is 12.1. The van der Waals surface area contributed by atoms with Crippen LogP contribution in [0.5, 0.6) is 0 Å². The van der Waals surface area contributed by atoms with E-state index in [1.165, 1.54) is 13.0 Å². The van der Waals surface area contributed by atoms with Crippen molar-refractivity contribution in [2.75, 3.05) is 26.8 Å². The van der Waals surface area contributed by atoms with Crippen molar-refractivity contribution < 1.29 is 27.5 Å². The number of methoxy groups -OCH3 is 1. The van der Waals surface area contributed by atoms with E-state index < -0.39 is 33.8 Å². The van der Waals surface area contributed by atoms with Crippen LogP contribution in [-0.2, 0) is 29.1 Å². The molecule has 0 bridgehead atoms. The Morgan fingerprint density at radius 3 is 2.42 bits per heavy atom. The highest BCUT2D eigenvalue weighted by atomic mass is 32.2. The highest BCUT2D eigenvalue weighted by Gasteiger charge is 2.35. The molecule has 8 heteroatoms. The molecule has 0 fully saturated rings. The van der Waals surface area contributed by atoms with Gasteiger partial charge in [0, 0.05) is 6.54 Å². The number of ether oxygens (including phenoxy) is 2. The fourth-order valence-electron chi connectivity index (χ4n) is 1.26. The number of carbonyl (C=O) groups is 2. The molecule has 19 heavy (non-hydrogen) atoms. The van der Waals surface area contributed by atoms with Gasteiger partial charge in [-0.25, -0.2) is 8.42 Å². The summed E-state index contributed by atoms with van der Waals surface area (Å²) >= 11 is 0. The van der Waals surface area contributed by atoms with Crippen molar-refractivity contribution in [3.8, 4) is 0 Å². The van der Waals surface area contributed by atoms with E-state index >= 15 is 0 Å². The number of esters is 2. The average molecular weight is 293 g/mol. The van der Waals surface area contributed by atoms with Crippen LogP contribution in [0.2, 0.25) is 0 Å². The molecule has 0 saturated carbocycles. The lowest BCUT2D eigenvalue weighted by Crippen LogP contribution is -2.44. The van der Waals surface area contributed by atoms with Gasteiger partial charge in [-0.3, -0.25) is 9.59 Å². The van der Waals surface area contributed by atoms with Crippen LogP contribution < -0.4 is 0 Å². The van der Waals surface area contributed by atoms with Gasteiger partial charge < -0.3 is 9.47 Å². The Hall–Kier alpha value is -1.41. The van der Waals surface area contributed by atoms with Gasteiger partial charge in [0.2, 0.25) is 10.0 Å². The third kappa shape index (κ3) is 4.99. The molecule has 0 aromatic carbocycles. The van der Waals surface area contributed by atoms with Crippen LogP contribution in [0.15, 0.2) is 12.7 Å². The molecule has 0 heterocycles. The Bertz CT molecular complexity index is 430. The van der Waals surface area contributed by atoms with Crippen molar-refractivity contribution in [1.29, 1.82) is 0 Å². The summed E-state index contributed by atoms with van der Waals surface area (Å²) in [6, 6.07) is 0. The Morgan fingerprint density at radius 1 is 1.42 bits per heavy atom. The van der Waals surface area contributed by atoms with Crippen LogP contribution in [-0.4, -0.2) is 56.7 Å². The lowest BCUT2D eigenvalue weighted by atomic mass is 10.5. The normalized spacial score (nSPS) is 12.8. The van der Waals surface area contributed by atoms with Crippen molar-refractivity contribution in [3.05, 3.63) is 12.7 Å². The Morgan fingerprint density at radius 2 is 2.00 bits per heavy atom. The summed E-state index contributed by atoms with van der Waals surface area (Å²) in [5.41, 5.74) is 0. The smallest absolute Gasteiger partial charge is 0.325 e. The first-order chi connectivity index (χ1) is 8.81. The molecular formula is C11H19NO6S. The molecular weight excluding hydrogens is 274 g/mol. The van der Waals surface area contributed by atoms with Crippen LogP contribution in [0.4, 0.5) is 0 Å². The van der Waals surface area contributed by atoms with Gasteiger partial charge in [0.15, 0.2) is 5.25 Å². The van der Waals surface area contributed by atoms with E-state index in [0.29, 0.717) is 0 Å². The fraction of sp³-hybridized carbons (Fsp3) is 0.636. The topological polar surface area (TPSA) is 90.0 Å². The number of rotatable bonds is 8. The van der Waals surface area contributed by atoms with Gasteiger partial charge in [-0.15, -0.1) is 6.58 Å². The number of hydrogen-bond donors (Lipinski definition) is 0. The van der Waals surface area contributed by atoms with Gasteiger partial charge in [0.1, 0.15) is 6.54 Å². The molecule has 0 aromatic heterocycles. The van der Waals surface area contributed by atoms with Gasteiger partial charge in [-0.05, 0) is 13.8 Å². The van der Waals surface area contributed by atoms with E-state index in [0.717, 1.165) is 11.4 Å². The highest BCUT2D eigenvalue weighted by Crippen LogP contribution is 2.11. The largest absolute Gasteiger partial charge is 0.468 e. The molecule has 0 rings (SSSR count). The second-order valence-corrected chi connectivity index (χ2v) is 5.85. The zero-order chi connectivity index (χ0) is 15.1. The molecule has 0 aliphatic carbocycles. The van der Waals surface area contributed by atoms with Crippen LogP contribution in [0.3, 0.4) is 0 Å². The second kappa shape index (κ2) is 7.90. The Labute approximate surface area is 113 Å². The third-order valence-corrected chi connectivity index (χ3v) is 4.37. The van der Waals surface area contributed by atoms with Crippen LogP contribution in [0.25, 0.3) is 0 Å². The highest BCUT2D eigenvalue weighted by molar-refractivity contribution is 7.90. The minimum atomic E-state index is -4.00. The summed E-state index contributed by atoms with van der Waals surface area (Å²) in [5, 5.41) is -1.40. The zero-order valence-corrected chi connectivity index (χ0v) is 12.1. The molecule has 0 N–H and O–H groups in total. The average Bonchev–Trinajstić information content (AvgIpc) is 2.36. The molecule has 0 radical (unpaired) electrons. The van der Waals surface area contributed by atoms with E-state index in [9.17, 15) is 18.0 Å². The predicted molar refractivity (Wildman–Crippen MR) is 68.8 cm³/mol. The Balaban J connectivity index is 5.10. The van der Waals surface area contributed by atoms with Gasteiger partial charge in [0.25, 0.3) is 0 Å². The van der Waals surface area contributed by atoms with Crippen LogP contribution >= 0.6 is 0 Å². The van der Waals surface area contributed by atoms with Gasteiger partial charge in [-0.1, -0.05) is 6.08 Å². The zero-order valence-electron chi connectivity index (χ0n) is 11.3.